The molecule has 1 rings (SSSR count). The van der Waals surface area contributed by atoms with Crippen LogP contribution in [0.25, 0.3) is 0 Å². The fraction of sp³-hybridized carbons (Fsp3) is 0.571. The van der Waals surface area contributed by atoms with E-state index in [-0.39, 0.29) is 0 Å². The van der Waals surface area contributed by atoms with Crippen molar-refractivity contribution >= 4 is 10.1 Å². The molecule has 120 valence electrons. The molecule has 0 spiro atoms. The summed E-state index contributed by atoms with van der Waals surface area (Å²) >= 11 is 0. The topological polar surface area (TPSA) is 86.7 Å². The molecule has 0 fully saturated rings. The van der Waals surface area contributed by atoms with E-state index in [9.17, 15) is 18.1 Å². The highest BCUT2D eigenvalue weighted by Crippen LogP contribution is 2.27. The number of nitrogens with zero attached hydrogens (tertiary/aromatic N) is 1. The SMILES string of the molecule is CC[N+](CC)(CC)CCOc1ccc(S(=O)(=O)[O-])c(O)c1. The molecule has 21 heavy (non-hydrogen) atoms. The predicted molar refractivity (Wildman–Crippen MR) is 78.3 cm³/mol. The molecule has 0 radical (unpaired) electrons. The highest BCUT2D eigenvalue weighted by molar-refractivity contribution is 7.85. The number of hydrogen-bond donors (Lipinski definition) is 1. The quantitative estimate of drug-likeness (QED) is 0.581. The summed E-state index contributed by atoms with van der Waals surface area (Å²) in [5.41, 5.74) is 0. The average molecular weight is 317 g/mol. The molecule has 0 heterocycles. The minimum atomic E-state index is -4.66. The highest BCUT2D eigenvalue weighted by atomic mass is 32.2. The van der Waals surface area contributed by atoms with Crippen LogP contribution in [0.2, 0.25) is 0 Å². The number of phenolic OH excluding ortho intramolecular Hbond substituents is 1. The minimum Gasteiger partial charge on any atom is -0.744 e. The van der Waals surface area contributed by atoms with Crippen molar-refractivity contribution in [2.75, 3.05) is 32.8 Å². The number of hydrogen-bond acceptors (Lipinski definition) is 5. The third-order valence-electron chi connectivity index (χ3n) is 4.05. The maximum absolute atomic E-state index is 10.9. The second-order valence-electron chi connectivity index (χ2n) is 4.95. The van der Waals surface area contributed by atoms with Crippen molar-refractivity contribution < 1.29 is 27.3 Å². The number of quaternary nitrogens is 1. The lowest BCUT2D eigenvalue weighted by Gasteiger charge is -2.35. The molecule has 7 heteroatoms. The summed E-state index contributed by atoms with van der Waals surface area (Å²) in [5, 5.41) is 9.56. The molecule has 0 aliphatic carbocycles. The number of likely N-dealkylation sites (N-methyl/N-ethyl adjacent to an activating group) is 1. The van der Waals surface area contributed by atoms with E-state index < -0.39 is 20.8 Å². The Kier molecular flexibility index (Phi) is 6.00. The Hall–Kier alpha value is -1.31. The van der Waals surface area contributed by atoms with Crippen molar-refractivity contribution in [3.63, 3.8) is 0 Å². The second kappa shape index (κ2) is 7.11. The van der Waals surface area contributed by atoms with E-state index >= 15 is 0 Å². The van der Waals surface area contributed by atoms with Gasteiger partial charge in [0, 0.05) is 6.07 Å². The number of benzene rings is 1. The molecule has 1 aromatic carbocycles. The van der Waals surface area contributed by atoms with E-state index in [0.717, 1.165) is 42.8 Å². The van der Waals surface area contributed by atoms with E-state index in [2.05, 4.69) is 20.8 Å². The molecular formula is C14H23NO5S. The van der Waals surface area contributed by atoms with Gasteiger partial charge in [-0.1, -0.05) is 0 Å². The molecule has 0 aromatic heterocycles. The van der Waals surface area contributed by atoms with E-state index in [0.29, 0.717) is 12.4 Å². The summed E-state index contributed by atoms with van der Waals surface area (Å²) in [6, 6.07) is 3.60. The van der Waals surface area contributed by atoms with Crippen LogP contribution < -0.4 is 4.74 Å². The van der Waals surface area contributed by atoms with Crippen LogP contribution in [-0.2, 0) is 10.1 Å². The van der Waals surface area contributed by atoms with Crippen LogP contribution in [0.1, 0.15) is 20.8 Å². The van der Waals surface area contributed by atoms with Gasteiger partial charge in [0.25, 0.3) is 0 Å². The van der Waals surface area contributed by atoms with Gasteiger partial charge in [-0.25, -0.2) is 8.42 Å². The molecule has 0 aliphatic heterocycles. The zero-order valence-corrected chi connectivity index (χ0v) is 13.5. The Morgan fingerprint density at radius 2 is 1.76 bits per heavy atom. The molecule has 0 bridgehead atoms. The lowest BCUT2D eigenvalue weighted by molar-refractivity contribution is -0.923. The van der Waals surface area contributed by atoms with Gasteiger partial charge in [0.15, 0.2) is 0 Å². The normalized spacial score (nSPS) is 12.4. The first-order valence-electron chi connectivity index (χ1n) is 7.04. The first-order valence-corrected chi connectivity index (χ1v) is 8.45. The van der Waals surface area contributed by atoms with Gasteiger partial charge < -0.3 is 18.9 Å². The Balaban J connectivity index is 2.72. The van der Waals surface area contributed by atoms with Crippen molar-refractivity contribution in [1.29, 1.82) is 0 Å². The number of rotatable bonds is 8. The van der Waals surface area contributed by atoms with Crippen LogP contribution in [0, 0.1) is 0 Å². The zero-order chi connectivity index (χ0) is 16.1. The highest BCUT2D eigenvalue weighted by Gasteiger charge is 2.20. The Bertz CT molecular complexity index is 558. The molecule has 0 atom stereocenters. The Morgan fingerprint density at radius 1 is 1.19 bits per heavy atom. The molecule has 6 nitrogen and oxygen atoms in total. The van der Waals surface area contributed by atoms with Gasteiger partial charge in [-0.05, 0) is 32.9 Å². The van der Waals surface area contributed by atoms with Gasteiger partial charge in [0.1, 0.15) is 34.8 Å². The standard InChI is InChI=1S/C14H23NO5S/c1-4-15(5-2,6-3)9-10-20-12-7-8-14(13(16)11-12)21(17,18)19/h7-8,11H,4-6,9-10H2,1-3H3,(H-,16,17,18,19). The number of phenols is 1. The van der Waals surface area contributed by atoms with E-state index in [4.69, 9.17) is 4.74 Å². The van der Waals surface area contributed by atoms with Gasteiger partial charge in [-0.3, -0.25) is 0 Å². The van der Waals surface area contributed by atoms with Crippen molar-refractivity contribution in [2.24, 2.45) is 0 Å². The smallest absolute Gasteiger partial charge is 0.137 e. The first-order chi connectivity index (χ1) is 9.78. The van der Waals surface area contributed by atoms with Gasteiger partial charge in [0.2, 0.25) is 0 Å². The molecule has 1 aromatic rings. The third kappa shape index (κ3) is 4.59. The van der Waals surface area contributed by atoms with Crippen molar-refractivity contribution in [3.05, 3.63) is 18.2 Å². The predicted octanol–water partition coefficient (Wildman–Crippen LogP) is 1.55. The average Bonchev–Trinajstić information content (AvgIpc) is 2.43. The summed E-state index contributed by atoms with van der Waals surface area (Å²) in [6.07, 6.45) is 0. The lowest BCUT2D eigenvalue weighted by Crippen LogP contribution is -2.49. The summed E-state index contributed by atoms with van der Waals surface area (Å²) < 4.78 is 39.1. The first kappa shape index (κ1) is 17.7. The molecule has 0 aliphatic rings. The number of aromatic hydroxyl groups is 1. The van der Waals surface area contributed by atoms with Gasteiger partial charge in [-0.2, -0.15) is 0 Å². The molecule has 1 N–H and O–H groups in total. The number of ether oxygens (including phenoxy) is 1. The van der Waals surface area contributed by atoms with Crippen molar-refractivity contribution in [2.45, 2.75) is 25.7 Å². The summed E-state index contributed by atoms with van der Waals surface area (Å²) in [5.74, 6) is -0.231. The van der Waals surface area contributed by atoms with E-state index in [1.165, 1.54) is 6.07 Å². The van der Waals surface area contributed by atoms with E-state index in [1.54, 1.807) is 0 Å². The minimum absolute atomic E-state index is 0.348. The second-order valence-corrected chi connectivity index (χ2v) is 6.29. The largest absolute Gasteiger partial charge is 0.744 e. The Labute approximate surface area is 126 Å². The lowest BCUT2D eigenvalue weighted by atomic mass is 10.3. The van der Waals surface area contributed by atoms with Gasteiger partial charge in [-0.15, -0.1) is 0 Å². The van der Waals surface area contributed by atoms with Crippen LogP contribution in [0.5, 0.6) is 11.5 Å². The van der Waals surface area contributed by atoms with Crippen LogP contribution in [0.4, 0.5) is 0 Å². The maximum atomic E-state index is 10.9. The third-order valence-corrected chi connectivity index (χ3v) is 4.93. The van der Waals surface area contributed by atoms with Crippen LogP contribution in [0.15, 0.2) is 23.1 Å². The maximum Gasteiger partial charge on any atom is 0.137 e. The summed E-state index contributed by atoms with van der Waals surface area (Å²) in [6.45, 7) is 10.7. The van der Waals surface area contributed by atoms with Gasteiger partial charge in [0.05, 0.1) is 24.5 Å². The van der Waals surface area contributed by atoms with Crippen LogP contribution in [-0.4, -0.2) is 55.3 Å². The van der Waals surface area contributed by atoms with Crippen molar-refractivity contribution in [1.82, 2.24) is 0 Å². The molecular weight excluding hydrogens is 294 g/mol. The summed E-state index contributed by atoms with van der Waals surface area (Å²) in [4.78, 5) is -0.629. The van der Waals surface area contributed by atoms with Gasteiger partial charge >= 0.3 is 0 Å². The summed E-state index contributed by atoms with van der Waals surface area (Å²) in [7, 11) is -4.66. The fourth-order valence-electron chi connectivity index (χ4n) is 2.30. The molecule has 0 saturated carbocycles. The molecule has 0 unspecified atom stereocenters. The molecule has 0 amide bonds. The molecule has 0 saturated heterocycles. The van der Waals surface area contributed by atoms with Crippen molar-refractivity contribution in [3.8, 4) is 11.5 Å². The fourth-order valence-corrected chi connectivity index (χ4v) is 2.85. The monoisotopic (exact) mass is 317 g/mol. The van der Waals surface area contributed by atoms with Crippen LogP contribution in [0.3, 0.4) is 0 Å². The Morgan fingerprint density at radius 3 is 2.19 bits per heavy atom. The zero-order valence-electron chi connectivity index (χ0n) is 12.7. The van der Waals surface area contributed by atoms with E-state index in [1.807, 2.05) is 0 Å². The van der Waals surface area contributed by atoms with Crippen LogP contribution >= 0.6 is 0 Å².